The first-order valence-corrected chi connectivity index (χ1v) is 10.8. The van der Waals surface area contributed by atoms with Crippen LogP contribution in [-0.2, 0) is 0 Å². The van der Waals surface area contributed by atoms with Gasteiger partial charge in [-0.2, -0.15) is 0 Å². The second-order valence-corrected chi connectivity index (χ2v) is 8.08. The van der Waals surface area contributed by atoms with Crippen LogP contribution in [0, 0.1) is 0 Å². The fourth-order valence-electron chi connectivity index (χ4n) is 4.72. The van der Waals surface area contributed by atoms with Crippen molar-refractivity contribution < 1.29 is 0 Å². The van der Waals surface area contributed by atoms with Gasteiger partial charge in [-0.05, 0) is 22.8 Å². The van der Waals surface area contributed by atoms with Gasteiger partial charge in [0.1, 0.15) is 0 Å². The molecule has 3 N–H and O–H groups in total. The van der Waals surface area contributed by atoms with Crippen LogP contribution in [0.3, 0.4) is 0 Å². The van der Waals surface area contributed by atoms with E-state index in [0.29, 0.717) is 0 Å². The van der Waals surface area contributed by atoms with E-state index in [1.807, 2.05) is 12.1 Å². The minimum absolute atomic E-state index is 0.795. The molecule has 0 radical (unpaired) electrons. The maximum atomic E-state index is 6.96. The number of nitrogens with one attached hydrogen (secondary N) is 1. The summed E-state index contributed by atoms with van der Waals surface area (Å²) >= 11 is 0. The van der Waals surface area contributed by atoms with Crippen molar-refractivity contribution in [1.29, 1.82) is 0 Å². The lowest BCUT2D eigenvalue weighted by molar-refractivity contribution is 1.52. The Hall–Kier alpha value is -4.30. The molecule has 0 unspecified atom stereocenters. The van der Waals surface area contributed by atoms with Crippen LogP contribution in [0.1, 0.15) is 0 Å². The maximum absolute atomic E-state index is 6.96. The average Bonchev–Trinajstić information content (AvgIpc) is 3.24. The highest BCUT2D eigenvalue weighted by molar-refractivity contribution is 6.14. The summed E-state index contributed by atoms with van der Waals surface area (Å²) in [4.78, 5) is 3.65. The monoisotopic (exact) mass is 410 g/mol. The summed E-state index contributed by atoms with van der Waals surface area (Å²) < 4.78 is 0. The molecule has 0 fully saturated rings. The zero-order chi connectivity index (χ0) is 21.5. The second-order valence-electron chi connectivity index (χ2n) is 8.08. The van der Waals surface area contributed by atoms with Gasteiger partial charge >= 0.3 is 0 Å². The van der Waals surface area contributed by atoms with Crippen molar-refractivity contribution in [2.45, 2.75) is 0 Å². The molecule has 0 amide bonds. The third-order valence-corrected chi connectivity index (χ3v) is 6.23. The normalized spacial score (nSPS) is 11.2. The molecule has 0 saturated heterocycles. The number of para-hydroxylation sites is 2. The molecule has 0 aliphatic heterocycles. The summed E-state index contributed by atoms with van der Waals surface area (Å²) in [5.74, 6) is 0. The number of hydrogen-bond acceptors (Lipinski definition) is 1. The molecule has 152 valence electrons. The lowest BCUT2D eigenvalue weighted by Crippen LogP contribution is -1.98. The standard InChI is InChI=1S/C30H22N2/c31-29-23(21-12-5-2-6-13-21)19-18-22(20-10-3-1-4-11-20)28(29)26-16-9-15-25-24-14-7-8-17-27(24)32-30(25)26/h1-19,32H,31H2. The lowest BCUT2D eigenvalue weighted by atomic mass is 9.88. The second kappa shape index (κ2) is 7.44. The maximum Gasteiger partial charge on any atom is 0.0545 e. The third kappa shape index (κ3) is 2.89. The number of aromatic amines is 1. The zero-order valence-electron chi connectivity index (χ0n) is 17.5. The van der Waals surface area contributed by atoms with Crippen molar-refractivity contribution in [1.82, 2.24) is 4.98 Å². The molecule has 0 bridgehead atoms. The highest BCUT2D eigenvalue weighted by atomic mass is 14.7. The van der Waals surface area contributed by atoms with Gasteiger partial charge in [0.05, 0.1) is 5.52 Å². The number of H-pyrrole nitrogens is 1. The molecule has 0 spiro atoms. The zero-order valence-corrected chi connectivity index (χ0v) is 17.5. The molecule has 6 rings (SSSR count). The Bertz CT molecular complexity index is 1560. The molecule has 6 aromatic rings. The average molecular weight is 411 g/mol. The number of benzene rings is 5. The van der Waals surface area contributed by atoms with Crippen molar-refractivity contribution in [3.63, 3.8) is 0 Å². The summed E-state index contributed by atoms with van der Waals surface area (Å²) in [5, 5.41) is 2.44. The summed E-state index contributed by atoms with van der Waals surface area (Å²) in [6.45, 7) is 0. The van der Waals surface area contributed by atoms with Crippen LogP contribution in [-0.4, -0.2) is 4.98 Å². The molecule has 2 nitrogen and oxygen atoms in total. The van der Waals surface area contributed by atoms with E-state index in [-0.39, 0.29) is 0 Å². The number of fused-ring (bicyclic) bond motifs is 3. The van der Waals surface area contributed by atoms with E-state index >= 15 is 0 Å². The van der Waals surface area contributed by atoms with Crippen LogP contribution in [0.25, 0.3) is 55.2 Å². The summed E-state index contributed by atoms with van der Waals surface area (Å²) in [7, 11) is 0. The molecule has 0 atom stereocenters. The molecule has 1 heterocycles. The van der Waals surface area contributed by atoms with E-state index in [0.717, 1.165) is 50.1 Å². The fourth-order valence-corrected chi connectivity index (χ4v) is 4.72. The van der Waals surface area contributed by atoms with Gasteiger partial charge in [0, 0.05) is 38.7 Å². The summed E-state index contributed by atoms with van der Waals surface area (Å²) in [5.41, 5.74) is 16.6. The Labute approximate surface area is 187 Å². The molecular formula is C30H22N2. The molecule has 0 aliphatic carbocycles. The van der Waals surface area contributed by atoms with Gasteiger partial charge in [0.25, 0.3) is 0 Å². The van der Waals surface area contributed by atoms with E-state index in [1.165, 1.54) is 10.8 Å². The Morgan fingerprint density at radius 2 is 1.06 bits per heavy atom. The number of hydrogen-bond donors (Lipinski definition) is 2. The van der Waals surface area contributed by atoms with Gasteiger partial charge in [-0.15, -0.1) is 0 Å². The summed E-state index contributed by atoms with van der Waals surface area (Å²) in [6, 6.07) is 40.1. The fraction of sp³-hybridized carbons (Fsp3) is 0. The van der Waals surface area contributed by atoms with Crippen LogP contribution in [0.2, 0.25) is 0 Å². The molecule has 0 saturated carbocycles. The van der Waals surface area contributed by atoms with Gasteiger partial charge in [0.2, 0.25) is 0 Å². The Balaban J connectivity index is 1.71. The number of nitrogen functional groups attached to an aromatic ring is 1. The first-order chi connectivity index (χ1) is 15.8. The lowest BCUT2D eigenvalue weighted by Gasteiger charge is -2.18. The number of rotatable bonds is 3. The quantitative estimate of drug-likeness (QED) is 0.286. The predicted molar refractivity (Wildman–Crippen MR) is 137 cm³/mol. The van der Waals surface area contributed by atoms with Crippen LogP contribution < -0.4 is 5.73 Å². The highest BCUT2D eigenvalue weighted by Crippen LogP contribution is 2.44. The minimum Gasteiger partial charge on any atom is -0.398 e. The Morgan fingerprint density at radius 3 is 1.81 bits per heavy atom. The van der Waals surface area contributed by atoms with Crippen molar-refractivity contribution >= 4 is 27.5 Å². The first kappa shape index (κ1) is 18.5. The van der Waals surface area contributed by atoms with Crippen molar-refractivity contribution in [2.24, 2.45) is 0 Å². The van der Waals surface area contributed by atoms with E-state index in [2.05, 4.69) is 108 Å². The molecule has 32 heavy (non-hydrogen) atoms. The predicted octanol–water partition coefficient (Wildman–Crippen LogP) is 7.90. The molecule has 1 aromatic heterocycles. The number of anilines is 1. The molecule has 5 aromatic carbocycles. The topological polar surface area (TPSA) is 41.8 Å². The van der Waals surface area contributed by atoms with E-state index < -0.39 is 0 Å². The van der Waals surface area contributed by atoms with Gasteiger partial charge < -0.3 is 10.7 Å². The van der Waals surface area contributed by atoms with Crippen molar-refractivity contribution in [2.75, 3.05) is 5.73 Å². The molecule has 0 aliphatic rings. The SMILES string of the molecule is Nc1c(-c2ccccc2)ccc(-c2ccccc2)c1-c1cccc2c1[nH]c1ccccc12. The smallest absolute Gasteiger partial charge is 0.0545 e. The first-order valence-electron chi connectivity index (χ1n) is 10.8. The van der Waals surface area contributed by atoms with E-state index in [1.54, 1.807) is 0 Å². The largest absolute Gasteiger partial charge is 0.398 e. The number of nitrogens with two attached hydrogens (primary N) is 1. The molecular weight excluding hydrogens is 388 g/mol. The molecule has 2 heteroatoms. The van der Waals surface area contributed by atoms with Gasteiger partial charge in [-0.1, -0.05) is 109 Å². The van der Waals surface area contributed by atoms with Crippen molar-refractivity contribution in [3.8, 4) is 33.4 Å². The third-order valence-electron chi connectivity index (χ3n) is 6.23. The number of aromatic nitrogens is 1. The Morgan fingerprint density at radius 1 is 0.469 bits per heavy atom. The van der Waals surface area contributed by atoms with Crippen molar-refractivity contribution in [3.05, 3.63) is 115 Å². The van der Waals surface area contributed by atoms with E-state index in [4.69, 9.17) is 5.73 Å². The van der Waals surface area contributed by atoms with Gasteiger partial charge in [0.15, 0.2) is 0 Å². The highest BCUT2D eigenvalue weighted by Gasteiger charge is 2.18. The van der Waals surface area contributed by atoms with Crippen LogP contribution in [0.4, 0.5) is 5.69 Å². The summed E-state index contributed by atoms with van der Waals surface area (Å²) in [6.07, 6.45) is 0. The van der Waals surface area contributed by atoms with Gasteiger partial charge in [-0.25, -0.2) is 0 Å². The van der Waals surface area contributed by atoms with Crippen LogP contribution in [0.5, 0.6) is 0 Å². The van der Waals surface area contributed by atoms with Crippen LogP contribution in [0.15, 0.2) is 115 Å². The van der Waals surface area contributed by atoms with Gasteiger partial charge in [-0.3, -0.25) is 0 Å². The minimum atomic E-state index is 0.795. The van der Waals surface area contributed by atoms with E-state index in [9.17, 15) is 0 Å². The van der Waals surface area contributed by atoms with Crippen LogP contribution >= 0.6 is 0 Å². The Kier molecular flexibility index (Phi) is 4.29.